The Bertz CT molecular complexity index is 336. The van der Waals surface area contributed by atoms with Crippen molar-refractivity contribution in [2.45, 2.75) is 59.9 Å². The number of aryl methyl sites for hydroxylation is 2. The molecule has 1 aromatic carbocycles. The zero-order valence-electron chi connectivity index (χ0n) is 12.7. The number of likely N-dealkylation sites (N-methyl/N-ethyl adjacent to an activating group) is 1. The van der Waals surface area contributed by atoms with Gasteiger partial charge in [-0.3, -0.25) is 0 Å². The van der Waals surface area contributed by atoms with Crippen molar-refractivity contribution in [3.63, 3.8) is 0 Å². The summed E-state index contributed by atoms with van der Waals surface area (Å²) in [5.74, 6) is 0.804. The molecule has 1 heteroatoms. The van der Waals surface area contributed by atoms with Crippen LogP contribution in [0.3, 0.4) is 0 Å². The molecule has 0 saturated heterocycles. The van der Waals surface area contributed by atoms with Gasteiger partial charge in [-0.1, -0.05) is 45.4 Å². The van der Waals surface area contributed by atoms with Crippen LogP contribution in [0.1, 0.15) is 50.3 Å². The Labute approximate surface area is 113 Å². The fraction of sp³-hybridized carbons (Fsp3) is 0.647. The third-order valence-electron chi connectivity index (χ3n) is 3.97. The molecule has 0 aliphatic heterocycles. The van der Waals surface area contributed by atoms with E-state index < -0.39 is 0 Å². The van der Waals surface area contributed by atoms with E-state index in [1.54, 1.807) is 0 Å². The molecule has 0 bridgehead atoms. The average Bonchev–Trinajstić information content (AvgIpc) is 2.34. The van der Waals surface area contributed by atoms with E-state index in [2.05, 4.69) is 58.1 Å². The molecular formula is C17H29N. The Morgan fingerprint density at radius 3 is 2.22 bits per heavy atom. The maximum absolute atomic E-state index is 3.65. The standard InChI is InChI=1S/C17H29N/c1-6-13(3)11-16(18-7-2)12-17-14(4)9-8-10-15(17)5/h8-10,13,16,18H,6-7,11-12H2,1-5H3. The van der Waals surface area contributed by atoms with Gasteiger partial charge in [0.2, 0.25) is 0 Å². The molecule has 0 saturated carbocycles. The van der Waals surface area contributed by atoms with Crippen molar-refractivity contribution in [3.8, 4) is 0 Å². The molecule has 0 amide bonds. The minimum atomic E-state index is 0.616. The first-order chi connectivity index (χ1) is 8.58. The molecule has 2 unspecified atom stereocenters. The summed E-state index contributed by atoms with van der Waals surface area (Å²) in [4.78, 5) is 0. The third kappa shape index (κ3) is 4.45. The predicted octanol–water partition coefficient (Wildman–Crippen LogP) is 4.26. The van der Waals surface area contributed by atoms with Crippen LogP contribution in [0, 0.1) is 19.8 Å². The normalized spacial score (nSPS) is 14.5. The molecule has 0 heterocycles. The topological polar surface area (TPSA) is 12.0 Å². The van der Waals surface area contributed by atoms with Gasteiger partial charge in [0.25, 0.3) is 0 Å². The zero-order chi connectivity index (χ0) is 13.5. The minimum absolute atomic E-state index is 0.616. The van der Waals surface area contributed by atoms with Crippen molar-refractivity contribution in [1.29, 1.82) is 0 Å². The van der Waals surface area contributed by atoms with Gasteiger partial charge < -0.3 is 5.32 Å². The number of benzene rings is 1. The van der Waals surface area contributed by atoms with Crippen LogP contribution < -0.4 is 5.32 Å². The molecule has 2 atom stereocenters. The lowest BCUT2D eigenvalue weighted by Crippen LogP contribution is -2.33. The molecular weight excluding hydrogens is 218 g/mol. The molecule has 18 heavy (non-hydrogen) atoms. The summed E-state index contributed by atoms with van der Waals surface area (Å²) in [5.41, 5.74) is 4.40. The van der Waals surface area contributed by atoms with Gasteiger partial charge in [-0.15, -0.1) is 0 Å². The molecule has 0 radical (unpaired) electrons. The first kappa shape index (κ1) is 15.2. The Morgan fingerprint density at radius 1 is 1.11 bits per heavy atom. The second-order valence-corrected chi connectivity index (χ2v) is 5.58. The van der Waals surface area contributed by atoms with Crippen molar-refractivity contribution in [2.75, 3.05) is 6.54 Å². The van der Waals surface area contributed by atoms with E-state index >= 15 is 0 Å². The van der Waals surface area contributed by atoms with Crippen LogP contribution in [0.2, 0.25) is 0 Å². The van der Waals surface area contributed by atoms with Crippen molar-refractivity contribution in [3.05, 3.63) is 34.9 Å². The van der Waals surface area contributed by atoms with Gasteiger partial charge >= 0.3 is 0 Å². The lowest BCUT2D eigenvalue weighted by Gasteiger charge is -2.23. The molecule has 0 fully saturated rings. The van der Waals surface area contributed by atoms with Crippen LogP contribution in [-0.2, 0) is 6.42 Å². The molecule has 0 aromatic heterocycles. The van der Waals surface area contributed by atoms with E-state index in [9.17, 15) is 0 Å². The van der Waals surface area contributed by atoms with Crippen molar-refractivity contribution < 1.29 is 0 Å². The molecule has 0 aliphatic carbocycles. The first-order valence-corrected chi connectivity index (χ1v) is 7.36. The number of hydrogen-bond donors (Lipinski definition) is 1. The van der Waals surface area contributed by atoms with Crippen LogP contribution in [0.4, 0.5) is 0 Å². The molecule has 1 rings (SSSR count). The summed E-state index contributed by atoms with van der Waals surface area (Å²) in [6, 6.07) is 7.23. The summed E-state index contributed by atoms with van der Waals surface area (Å²) in [7, 11) is 0. The van der Waals surface area contributed by atoms with Crippen LogP contribution >= 0.6 is 0 Å². The van der Waals surface area contributed by atoms with E-state index in [4.69, 9.17) is 0 Å². The third-order valence-corrected chi connectivity index (χ3v) is 3.97. The highest BCUT2D eigenvalue weighted by atomic mass is 14.9. The molecule has 0 spiro atoms. The first-order valence-electron chi connectivity index (χ1n) is 7.36. The smallest absolute Gasteiger partial charge is 0.0110 e. The average molecular weight is 247 g/mol. The highest BCUT2D eigenvalue weighted by molar-refractivity contribution is 5.34. The second kappa shape index (κ2) is 7.58. The van der Waals surface area contributed by atoms with Crippen molar-refractivity contribution in [1.82, 2.24) is 5.32 Å². The van der Waals surface area contributed by atoms with Crippen LogP contribution in [0.25, 0.3) is 0 Å². The summed E-state index contributed by atoms with van der Waals surface area (Å²) in [5, 5.41) is 3.65. The van der Waals surface area contributed by atoms with Crippen LogP contribution in [-0.4, -0.2) is 12.6 Å². The molecule has 1 aromatic rings. The number of hydrogen-bond acceptors (Lipinski definition) is 1. The van der Waals surface area contributed by atoms with Crippen LogP contribution in [0.15, 0.2) is 18.2 Å². The van der Waals surface area contributed by atoms with Crippen molar-refractivity contribution in [2.24, 2.45) is 5.92 Å². The van der Waals surface area contributed by atoms with E-state index in [1.807, 2.05) is 0 Å². The molecule has 102 valence electrons. The fourth-order valence-electron chi connectivity index (χ4n) is 2.60. The largest absolute Gasteiger partial charge is 0.314 e. The van der Waals surface area contributed by atoms with E-state index in [0.717, 1.165) is 18.9 Å². The summed E-state index contributed by atoms with van der Waals surface area (Å²) >= 11 is 0. The Kier molecular flexibility index (Phi) is 6.42. The summed E-state index contributed by atoms with van der Waals surface area (Å²) < 4.78 is 0. The number of rotatable bonds is 7. The Hall–Kier alpha value is -0.820. The van der Waals surface area contributed by atoms with E-state index in [0.29, 0.717) is 6.04 Å². The minimum Gasteiger partial charge on any atom is -0.314 e. The van der Waals surface area contributed by atoms with Gasteiger partial charge in [0.15, 0.2) is 0 Å². The zero-order valence-corrected chi connectivity index (χ0v) is 12.7. The summed E-state index contributed by atoms with van der Waals surface area (Å²) in [6.45, 7) is 12.4. The van der Waals surface area contributed by atoms with Crippen molar-refractivity contribution >= 4 is 0 Å². The van der Waals surface area contributed by atoms with Gasteiger partial charge in [-0.05, 0) is 55.8 Å². The van der Waals surface area contributed by atoms with Gasteiger partial charge in [-0.25, -0.2) is 0 Å². The quantitative estimate of drug-likeness (QED) is 0.759. The lowest BCUT2D eigenvalue weighted by atomic mass is 9.91. The molecule has 1 nitrogen and oxygen atoms in total. The van der Waals surface area contributed by atoms with E-state index in [-0.39, 0.29) is 0 Å². The molecule has 1 N–H and O–H groups in total. The fourth-order valence-corrected chi connectivity index (χ4v) is 2.60. The maximum atomic E-state index is 3.65. The van der Waals surface area contributed by atoms with Crippen LogP contribution in [0.5, 0.6) is 0 Å². The highest BCUT2D eigenvalue weighted by Gasteiger charge is 2.14. The van der Waals surface area contributed by atoms with Gasteiger partial charge in [0, 0.05) is 6.04 Å². The lowest BCUT2D eigenvalue weighted by molar-refractivity contribution is 0.396. The van der Waals surface area contributed by atoms with Gasteiger partial charge in [-0.2, -0.15) is 0 Å². The predicted molar refractivity (Wildman–Crippen MR) is 81.2 cm³/mol. The molecule has 0 aliphatic rings. The Morgan fingerprint density at radius 2 is 1.72 bits per heavy atom. The highest BCUT2D eigenvalue weighted by Crippen LogP contribution is 2.19. The maximum Gasteiger partial charge on any atom is 0.0110 e. The van der Waals surface area contributed by atoms with Gasteiger partial charge in [0.1, 0.15) is 0 Å². The van der Waals surface area contributed by atoms with E-state index in [1.165, 1.54) is 29.5 Å². The Balaban J connectivity index is 2.76. The number of nitrogens with one attached hydrogen (secondary N) is 1. The monoisotopic (exact) mass is 247 g/mol. The second-order valence-electron chi connectivity index (χ2n) is 5.58. The van der Waals surface area contributed by atoms with Gasteiger partial charge in [0.05, 0.1) is 0 Å². The SMILES string of the molecule is CCNC(Cc1c(C)cccc1C)CC(C)CC. The summed E-state index contributed by atoms with van der Waals surface area (Å²) in [6.07, 6.45) is 3.71.